The molecule has 0 aromatic heterocycles. The zero-order valence-electron chi connectivity index (χ0n) is 13.8. The predicted molar refractivity (Wildman–Crippen MR) is 77.6 cm³/mol. The molecule has 0 spiro atoms. The first-order valence-electron chi connectivity index (χ1n) is 7.76. The fourth-order valence-corrected chi connectivity index (χ4v) is 3.37. The smallest absolute Gasteiger partial charge is 0.439 e. The molecule has 0 aromatic carbocycles. The van der Waals surface area contributed by atoms with E-state index >= 15 is 0 Å². The first-order chi connectivity index (χ1) is 10.4. The average Bonchev–Trinajstić information content (AvgIpc) is 2.72. The molecule has 1 fully saturated rings. The van der Waals surface area contributed by atoms with E-state index in [1.54, 1.807) is 0 Å². The van der Waals surface area contributed by atoms with E-state index in [1.165, 1.54) is 6.92 Å². The second-order valence-electron chi connectivity index (χ2n) is 7.22. The van der Waals surface area contributed by atoms with Crippen LogP contribution in [0.2, 0.25) is 0 Å². The van der Waals surface area contributed by atoms with Crippen LogP contribution in [0, 0.1) is 17.3 Å². The van der Waals surface area contributed by atoms with E-state index in [0.717, 1.165) is 0 Å². The van der Waals surface area contributed by atoms with E-state index in [1.807, 2.05) is 20.8 Å². The molecule has 3 atom stereocenters. The lowest BCUT2D eigenvalue weighted by molar-refractivity contribution is -0.316. The van der Waals surface area contributed by atoms with E-state index in [0.29, 0.717) is 12.8 Å². The Labute approximate surface area is 133 Å². The summed E-state index contributed by atoms with van der Waals surface area (Å²) in [5.74, 6) is -1.24. The Morgan fingerprint density at radius 2 is 2.04 bits per heavy atom. The maximum atomic E-state index is 13.6. The van der Waals surface area contributed by atoms with Crippen LogP contribution < -0.4 is 0 Å². The van der Waals surface area contributed by atoms with Crippen molar-refractivity contribution in [3.05, 3.63) is 0 Å². The van der Waals surface area contributed by atoms with Crippen molar-refractivity contribution in [1.82, 2.24) is 5.01 Å². The predicted octanol–water partition coefficient (Wildman–Crippen LogP) is 3.53. The van der Waals surface area contributed by atoms with Crippen LogP contribution in [-0.4, -0.2) is 40.4 Å². The van der Waals surface area contributed by atoms with Gasteiger partial charge in [-0.05, 0) is 37.5 Å². The van der Waals surface area contributed by atoms with Crippen LogP contribution in [0.4, 0.5) is 18.0 Å². The molecule has 23 heavy (non-hydrogen) atoms. The molecule has 0 bridgehead atoms. The van der Waals surface area contributed by atoms with Crippen LogP contribution in [0.15, 0.2) is 5.10 Å². The summed E-state index contributed by atoms with van der Waals surface area (Å²) in [6.07, 6.45) is -5.14. The highest BCUT2D eigenvalue weighted by molar-refractivity contribution is 5.92. The van der Waals surface area contributed by atoms with Gasteiger partial charge in [-0.2, -0.15) is 23.3 Å². The lowest BCUT2D eigenvalue weighted by Gasteiger charge is -2.42. The number of hydrogen-bond donors (Lipinski definition) is 1. The molecule has 1 heterocycles. The Balaban J connectivity index is 2.39. The molecule has 2 rings (SSSR count). The van der Waals surface area contributed by atoms with E-state index in [2.05, 4.69) is 9.84 Å². The van der Waals surface area contributed by atoms with Gasteiger partial charge < -0.3 is 9.84 Å². The molecule has 132 valence electrons. The van der Waals surface area contributed by atoms with E-state index in [-0.39, 0.29) is 35.1 Å². The zero-order chi connectivity index (χ0) is 17.6. The molecule has 0 radical (unpaired) electrons. The number of rotatable bonds is 1. The van der Waals surface area contributed by atoms with Gasteiger partial charge >= 0.3 is 12.3 Å². The molecule has 1 amide bonds. The summed E-state index contributed by atoms with van der Waals surface area (Å²) in [7, 11) is 0. The Morgan fingerprint density at radius 1 is 1.43 bits per heavy atom. The number of amides is 1. The van der Waals surface area contributed by atoms with Crippen LogP contribution in [0.1, 0.15) is 47.0 Å². The summed E-state index contributed by atoms with van der Waals surface area (Å²) in [6.45, 7) is 7.28. The number of carbonyl (C=O) groups is 1. The topological polar surface area (TPSA) is 62.1 Å². The summed E-state index contributed by atoms with van der Waals surface area (Å²) in [5.41, 5.74) is -3.30. The van der Waals surface area contributed by atoms with Crippen LogP contribution >= 0.6 is 0 Å². The van der Waals surface area contributed by atoms with Crippen molar-refractivity contribution in [3.8, 4) is 0 Å². The highest BCUT2D eigenvalue weighted by Gasteiger charge is 2.69. The summed E-state index contributed by atoms with van der Waals surface area (Å²) < 4.78 is 45.5. The Bertz CT molecular complexity index is 513. The van der Waals surface area contributed by atoms with Crippen LogP contribution in [0.25, 0.3) is 0 Å². The van der Waals surface area contributed by atoms with Crippen molar-refractivity contribution >= 4 is 11.8 Å². The molecule has 0 unspecified atom stereocenters. The van der Waals surface area contributed by atoms with E-state index in [4.69, 9.17) is 0 Å². The van der Waals surface area contributed by atoms with Crippen LogP contribution in [-0.2, 0) is 4.74 Å². The number of carbonyl (C=O) groups excluding carboxylic acids is 1. The molecule has 1 saturated carbocycles. The summed E-state index contributed by atoms with van der Waals surface area (Å²) in [6, 6.07) is 0. The average molecular weight is 336 g/mol. The number of halogens is 3. The van der Waals surface area contributed by atoms with Crippen molar-refractivity contribution in [2.24, 2.45) is 22.4 Å². The second kappa shape index (κ2) is 5.65. The standard InChI is InChI=1S/C15H23F3N2O3/c1-5-23-12(21)20-14(22,15(16,17)18)10-8-9(13(2,3)4)6-7-11(10)19-20/h9-10,22H,5-8H2,1-4H3/t9-,10+,14+/m0/s1. The zero-order valence-corrected chi connectivity index (χ0v) is 13.8. The molecular weight excluding hydrogens is 313 g/mol. The van der Waals surface area contributed by atoms with Crippen molar-refractivity contribution < 1.29 is 27.8 Å². The number of nitrogens with zero attached hydrogens (tertiary/aromatic N) is 2. The highest BCUT2D eigenvalue weighted by Crippen LogP contribution is 2.51. The fraction of sp³-hybridized carbons (Fsp3) is 0.867. The van der Waals surface area contributed by atoms with Crippen molar-refractivity contribution in [2.75, 3.05) is 6.61 Å². The largest absolute Gasteiger partial charge is 0.448 e. The van der Waals surface area contributed by atoms with Gasteiger partial charge in [-0.25, -0.2) is 4.79 Å². The maximum absolute atomic E-state index is 13.6. The fourth-order valence-electron chi connectivity index (χ4n) is 3.37. The molecule has 5 nitrogen and oxygen atoms in total. The van der Waals surface area contributed by atoms with Gasteiger partial charge in [-0.15, -0.1) is 0 Å². The molecule has 1 aliphatic carbocycles. The van der Waals surface area contributed by atoms with Crippen molar-refractivity contribution in [1.29, 1.82) is 0 Å². The molecule has 0 aromatic rings. The summed E-state index contributed by atoms with van der Waals surface area (Å²) in [5, 5.41) is 14.3. The first kappa shape index (κ1) is 18.0. The lowest BCUT2D eigenvalue weighted by Crippen LogP contribution is -2.62. The van der Waals surface area contributed by atoms with Gasteiger partial charge in [0.25, 0.3) is 5.72 Å². The number of alkyl halides is 3. The first-order valence-corrected chi connectivity index (χ1v) is 7.76. The third-order valence-corrected chi connectivity index (χ3v) is 4.79. The maximum Gasteiger partial charge on any atom is 0.439 e. The molecule has 0 saturated heterocycles. The van der Waals surface area contributed by atoms with Crippen molar-refractivity contribution in [3.63, 3.8) is 0 Å². The van der Waals surface area contributed by atoms with Gasteiger partial charge in [-0.1, -0.05) is 20.8 Å². The van der Waals surface area contributed by atoms with Gasteiger partial charge in [-0.3, -0.25) is 0 Å². The minimum absolute atomic E-state index is 0.00229. The molecule has 1 N–H and O–H groups in total. The number of hydrazone groups is 1. The minimum atomic E-state index is -5.02. The SMILES string of the molecule is CCOC(=O)N1N=C2CC[C@H](C(C)(C)C)C[C@H]2[C@@]1(O)C(F)(F)F. The van der Waals surface area contributed by atoms with Crippen LogP contribution in [0.5, 0.6) is 0 Å². The van der Waals surface area contributed by atoms with E-state index in [9.17, 15) is 23.1 Å². The lowest BCUT2D eigenvalue weighted by atomic mass is 9.66. The Morgan fingerprint density at radius 3 is 2.52 bits per heavy atom. The number of hydrogen-bond acceptors (Lipinski definition) is 4. The Hall–Kier alpha value is -1.31. The molecule has 8 heteroatoms. The van der Waals surface area contributed by atoms with Crippen molar-refractivity contribution in [2.45, 2.75) is 58.9 Å². The molecule has 2 aliphatic rings. The van der Waals surface area contributed by atoms with Gasteiger partial charge in [0.05, 0.1) is 12.5 Å². The van der Waals surface area contributed by atoms with Gasteiger partial charge in [0, 0.05) is 5.71 Å². The van der Waals surface area contributed by atoms with Gasteiger partial charge in [0.2, 0.25) is 0 Å². The number of ether oxygens (including phenoxy) is 1. The third-order valence-electron chi connectivity index (χ3n) is 4.79. The minimum Gasteiger partial charge on any atom is -0.448 e. The van der Waals surface area contributed by atoms with E-state index < -0.39 is 23.9 Å². The highest BCUT2D eigenvalue weighted by atomic mass is 19.4. The summed E-state index contributed by atoms with van der Waals surface area (Å²) in [4.78, 5) is 11.9. The van der Waals surface area contributed by atoms with Crippen LogP contribution in [0.3, 0.4) is 0 Å². The number of fused-ring (bicyclic) bond motifs is 1. The quantitative estimate of drug-likeness (QED) is 0.797. The molecule has 1 aliphatic heterocycles. The van der Waals surface area contributed by atoms with Gasteiger partial charge in [0.1, 0.15) is 0 Å². The normalized spacial score (nSPS) is 31.7. The Kier molecular flexibility index (Phi) is 4.43. The monoisotopic (exact) mass is 336 g/mol. The molecular formula is C15H23F3N2O3. The third kappa shape index (κ3) is 2.93. The summed E-state index contributed by atoms with van der Waals surface area (Å²) >= 11 is 0. The second-order valence-corrected chi connectivity index (χ2v) is 7.22. The van der Waals surface area contributed by atoms with Gasteiger partial charge in [0.15, 0.2) is 0 Å². The number of aliphatic hydroxyl groups is 1.